The lowest BCUT2D eigenvalue weighted by molar-refractivity contribution is 0.0702. The minimum absolute atomic E-state index is 0.0914. The molecule has 0 bridgehead atoms. The van der Waals surface area contributed by atoms with Crippen molar-refractivity contribution in [1.29, 1.82) is 0 Å². The van der Waals surface area contributed by atoms with Crippen LogP contribution in [0.1, 0.15) is 21.1 Å². The average Bonchev–Trinajstić information content (AvgIpc) is 2.69. The number of carboxylic acids is 1. The van der Waals surface area contributed by atoms with E-state index in [9.17, 15) is 13.8 Å². The molecule has 1 aromatic heterocycles. The van der Waals surface area contributed by atoms with E-state index in [1.165, 1.54) is 24.3 Å². The molecule has 0 amide bonds. The second-order valence-electron chi connectivity index (χ2n) is 3.64. The summed E-state index contributed by atoms with van der Waals surface area (Å²) in [4.78, 5) is 28.4. The highest BCUT2D eigenvalue weighted by Crippen LogP contribution is 2.53. The zero-order valence-electron chi connectivity index (χ0n) is 8.78. The van der Waals surface area contributed by atoms with Crippen molar-refractivity contribution in [1.82, 2.24) is 0 Å². The Morgan fingerprint density at radius 2 is 2.00 bits per heavy atom. The molecule has 1 atom stereocenters. The molecule has 1 aromatic carbocycles. The molecular weight excluding hydrogens is 282 g/mol. The number of hydrogen-bond donors (Lipinski definition) is 3. The standard InChI is InChI=1S/C10H8FO5PS/c11-9(17(14,15)16)5-1-2-7-6(3-5)4-8(18-7)10(12)13/h1-4,9H,(H,12,13)(H2,14,15,16)/t9-/m0/s1. The second kappa shape index (κ2) is 4.44. The van der Waals surface area contributed by atoms with Gasteiger partial charge in [-0.05, 0) is 29.1 Å². The first-order valence-corrected chi connectivity index (χ1v) is 7.25. The van der Waals surface area contributed by atoms with Gasteiger partial charge in [-0.3, -0.25) is 4.57 Å². The van der Waals surface area contributed by atoms with Gasteiger partial charge in [0.2, 0.25) is 5.91 Å². The van der Waals surface area contributed by atoms with Crippen molar-refractivity contribution in [2.45, 2.75) is 5.91 Å². The molecule has 0 unspecified atom stereocenters. The second-order valence-corrected chi connectivity index (χ2v) is 6.35. The smallest absolute Gasteiger partial charge is 0.363 e. The van der Waals surface area contributed by atoms with Gasteiger partial charge in [0, 0.05) is 4.70 Å². The summed E-state index contributed by atoms with van der Waals surface area (Å²) in [5.74, 6) is -3.49. The third-order valence-electron chi connectivity index (χ3n) is 2.32. The van der Waals surface area contributed by atoms with Crippen LogP contribution in [0.4, 0.5) is 4.39 Å². The molecule has 0 radical (unpaired) electrons. The van der Waals surface area contributed by atoms with Crippen LogP contribution in [-0.2, 0) is 4.57 Å². The van der Waals surface area contributed by atoms with E-state index in [4.69, 9.17) is 14.9 Å². The number of benzene rings is 1. The lowest BCUT2D eigenvalue weighted by Crippen LogP contribution is -1.92. The fourth-order valence-corrected chi connectivity index (χ4v) is 2.94. The molecule has 2 rings (SSSR count). The number of hydrogen-bond acceptors (Lipinski definition) is 3. The van der Waals surface area contributed by atoms with E-state index in [1.807, 2.05) is 0 Å². The molecule has 0 aliphatic rings. The number of aromatic carboxylic acids is 1. The van der Waals surface area contributed by atoms with Crippen molar-refractivity contribution in [3.05, 3.63) is 34.7 Å². The van der Waals surface area contributed by atoms with Crippen LogP contribution in [0.5, 0.6) is 0 Å². The SMILES string of the molecule is O=C(O)c1cc2cc([C@@H](F)P(=O)(O)O)ccc2s1. The summed E-state index contributed by atoms with van der Waals surface area (Å²) < 4.78 is 24.9. The molecule has 96 valence electrons. The Bertz CT molecular complexity index is 661. The Morgan fingerprint density at radius 3 is 2.56 bits per heavy atom. The molecule has 5 nitrogen and oxygen atoms in total. The first-order chi connectivity index (χ1) is 8.29. The first-order valence-electron chi connectivity index (χ1n) is 4.75. The summed E-state index contributed by atoms with van der Waals surface area (Å²) >= 11 is 1.02. The minimum atomic E-state index is -4.85. The predicted octanol–water partition coefficient (Wildman–Crippen LogP) is 2.75. The number of fused-ring (bicyclic) bond motifs is 1. The third-order valence-corrected chi connectivity index (χ3v) is 4.31. The summed E-state index contributed by atoms with van der Waals surface area (Å²) in [5, 5.41) is 9.26. The first kappa shape index (κ1) is 13.2. The van der Waals surface area contributed by atoms with Crippen LogP contribution in [0, 0.1) is 0 Å². The molecule has 1 heterocycles. The molecule has 18 heavy (non-hydrogen) atoms. The van der Waals surface area contributed by atoms with Gasteiger partial charge in [0.15, 0.2) is 0 Å². The van der Waals surface area contributed by atoms with Gasteiger partial charge in [-0.2, -0.15) is 0 Å². The maximum absolute atomic E-state index is 13.5. The van der Waals surface area contributed by atoms with Crippen LogP contribution in [0.25, 0.3) is 10.1 Å². The maximum atomic E-state index is 13.5. The monoisotopic (exact) mass is 290 g/mol. The number of carbonyl (C=O) groups is 1. The summed E-state index contributed by atoms with van der Waals surface area (Å²) in [6, 6.07) is 5.29. The number of carboxylic acid groups (broad SMARTS) is 1. The van der Waals surface area contributed by atoms with Gasteiger partial charge < -0.3 is 14.9 Å². The Morgan fingerprint density at radius 1 is 1.33 bits per heavy atom. The Hall–Kier alpha value is -1.27. The van der Waals surface area contributed by atoms with Crippen LogP contribution in [0.2, 0.25) is 0 Å². The van der Waals surface area contributed by atoms with Crippen molar-refractivity contribution in [2.24, 2.45) is 0 Å². The van der Waals surface area contributed by atoms with Gasteiger partial charge >= 0.3 is 13.6 Å². The average molecular weight is 290 g/mol. The fourth-order valence-electron chi connectivity index (χ4n) is 1.51. The molecular formula is C10H8FO5PS. The van der Waals surface area contributed by atoms with Crippen molar-refractivity contribution in [3.63, 3.8) is 0 Å². The van der Waals surface area contributed by atoms with Gasteiger partial charge in [0.1, 0.15) is 4.88 Å². The summed E-state index contributed by atoms with van der Waals surface area (Å²) in [7, 11) is -4.85. The van der Waals surface area contributed by atoms with Crippen molar-refractivity contribution in [2.75, 3.05) is 0 Å². The van der Waals surface area contributed by atoms with Crippen molar-refractivity contribution < 1.29 is 28.6 Å². The summed E-state index contributed by atoms with van der Waals surface area (Å²) in [6.45, 7) is 0. The van der Waals surface area contributed by atoms with Gasteiger partial charge in [-0.15, -0.1) is 11.3 Å². The lowest BCUT2D eigenvalue weighted by atomic mass is 10.2. The number of alkyl halides is 1. The van der Waals surface area contributed by atoms with Crippen LogP contribution in [-0.4, -0.2) is 20.9 Å². The number of thiophene rings is 1. The minimum Gasteiger partial charge on any atom is -0.477 e. The van der Waals surface area contributed by atoms with E-state index in [-0.39, 0.29) is 10.4 Å². The highest BCUT2D eigenvalue weighted by molar-refractivity contribution is 7.51. The molecule has 3 N–H and O–H groups in total. The van der Waals surface area contributed by atoms with E-state index in [0.29, 0.717) is 10.1 Å². The fraction of sp³-hybridized carbons (Fsp3) is 0.100. The number of halogens is 1. The van der Waals surface area contributed by atoms with Crippen LogP contribution < -0.4 is 0 Å². The van der Waals surface area contributed by atoms with Gasteiger partial charge in [0.25, 0.3) is 0 Å². The largest absolute Gasteiger partial charge is 0.477 e. The predicted molar refractivity (Wildman–Crippen MR) is 64.7 cm³/mol. The molecule has 0 spiro atoms. The highest BCUT2D eigenvalue weighted by Gasteiger charge is 2.30. The molecule has 0 saturated carbocycles. The normalized spacial score (nSPS) is 13.7. The molecule has 0 saturated heterocycles. The van der Waals surface area contributed by atoms with Gasteiger partial charge in [-0.1, -0.05) is 6.07 Å². The molecule has 2 aromatic rings. The number of rotatable bonds is 3. The lowest BCUT2D eigenvalue weighted by Gasteiger charge is -2.09. The van der Waals surface area contributed by atoms with Crippen molar-refractivity contribution in [3.8, 4) is 0 Å². The van der Waals surface area contributed by atoms with Crippen molar-refractivity contribution >= 4 is 35.0 Å². The maximum Gasteiger partial charge on any atom is 0.363 e. The van der Waals surface area contributed by atoms with Gasteiger partial charge in [0.05, 0.1) is 0 Å². The van der Waals surface area contributed by atoms with Crippen LogP contribution in [0.15, 0.2) is 24.3 Å². The molecule has 0 aliphatic heterocycles. The zero-order valence-corrected chi connectivity index (χ0v) is 10.5. The Kier molecular flexibility index (Phi) is 3.25. The molecule has 8 heteroatoms. The zero-order chi connectivity index (χ0) is 13.5. The summed E-state index contributed by atoms with van der Waals surface area (Å²) in [6.07, 6.45) is 0. The van der Waals surface area contributed by atoms with E-state index < -0.39 is 19.5 Å². The highest BCUT2D eigenvalue weighted by atomic mass is 32.1. The Balaban J connectivity index is 2.50. The molecule has 0 aliphatic carbocycles. The van der Waals surface area contributed by atoms with Crippen LogP contribution >= 0.6 is 18.9 Å². The van der Waals surface area contributed by atoms with Gasteiger partial charge in [-0.25, -0.2) is 9.18 Å². The molecule has 0 fully saturated rings. The topological polar surface area (TPSA) is 94.8 Å². The van der Waals surface area contributed by atoms with E-state index in [2.05, 4.69) is 0 Å². The van der Waals surface area contributed by atoms with E-state index in [1.54, 1.807) is 0 Å². The van der Waals surface area contributed by atoms with E-state index >= 15 is 0 Å². The quantitative estimate of drug-likeness (QED) is 0.755. The third kappa shape index (κ3) is 2.44. The van der Waals surface area contributed by atoms with E-state index in [0.717, 1.165) is 11.3 Å². The summed E-state index contributed by atoms with van der Waals surface area (Å²) in [5.41, 5.74) is -0.162. The van der Waals surface area contributed by atoms with Crippen LogP contribution in [0.3, 0.4) is 0 Å². The Labute approximate surface area is 105 Å².